The summed E-state index contributed by atoms with van der Waals surface area (Å²) in [6, 6.07) is 4.19. The number of nitriles is 2. The standard InChI is InChI=1S/C23H29N3O4/c1-5-7-10-29-22(28)19(14-25)17-11-23(3,4)12-20(18(17)13-24)26-9-8-16(15-26)30-21(27)6-2/h6,16H,2,5,7-12,15H2,1,3-4H3/b19-17+. The van der Waals surface area contributed by atoms with Crippen LogP contribution in [0.5, 0.6) is 0 Å². The molecule has 1 saturated heterocycles. The summed E-state index contributed by atoms with van der Waals surface area (Å²) < 4.78 is 10.6. The van der Waals surface area contributed by atoms with Crippen molar-refractivity contribution in [2.24, 2.45) is 5.41 Å². The highest BCUT2D eigenvalue weighted by Gasteiger charge is 2.38. The molecule has 1 aliphatic heterocycles. The molecule has 0 aromatic carbocycles. The first kappa shape index (κ1) is 23.2. The van der Waals surface area contributed by atoms with Crippen molar-refractivity contribution in [2.45, 2.75) is 59.0 Å². The molecule has 0 saturated carbocycles. The molecule has 30 heavy (non-hydrogen) atoms. The fourth-order valence-electron chi connectivity index (χ4n) is 3.86. The summed E-state index contributed by atoms with van der Waals surface area (Å²) in [4.78, 5) is 26.1. The van der Waals surface area contributed by atoms with Gasteiger partial charge in [-0.1, -0.05) is 33.8 Å². The third-order valence-corrected chi connectivity index (χ3v) is 5.33. The molecule has 1 atom stereocenters. The molecule has 1 unspecified atom stereocenters. The summed E-state index contributed by atoms with van der Waals surface area (Å²) in [7, 11) is 0. The zero-order chi connectivity index (χ0) is 22.3. The zero-order valence-electron chi connectivity index (χ0n) is 18.0. The lowest BCUT2D eigenvalue weighted by Gasteiger charge is -2.37. The maximum atomic E-state index is 12.5. The van der Waals surface area contributed by atoms with Crippen LogP contribution in [0.4, 0.5) is 0 Å². The van der Waals surface area contributed by atoms with Gasteiger partial charge in [-0.25, -0.2) is 9.59 Å². The van der Waals surface area contributed by atoms with Gasteiger partial charge in [0.1, 0.15) is 23.8 Å². The fourth-order valence-corrected chi connectivity index (χ4v) is 3.86. The lowest BCUT2D eigenvalue weighted by molar-refractivity contribution is -0.142. The van der Waals surface area contributed by atoms with Crippen LogP contribution >= 0.6 is 0 Å². The van der Waals surface area contributed by atoms with Crippen LogP contribution in [0.2, 0.25) is 0 Å². The molecule has 0 spiro atoms. The normalized spacial score (nSPS) is 22.0. The molecule has 7 nitrogen and oxygen atoms in total. The first-order valence-corrected chi connectivity index (χ1v) is 10.3. The number of unbranched alkanes of at least 4 members (excludes halogenated alkanes) is 1. The van der Waals surface area contributed by atoms with E-state index in [1.165, 1.54) is 0 Å². The molecule has 0 aromatic rings. The van der Waals surface area contributed by atoms with Gasteiger partial charge in [0.2, 0.25) is 0 Å². The molecule has 0 bridgehead atoms. The van der Waals surface area contributed by atoms with Crippen LogP contribution in [-0.2, 0) is 19.1 Å². The highest BCUT2D eigenvalue weighted by Crippen LogP contribution is 2.44. The van der Waals surface area contributed by atoms with Crippen molar-refractivity contribution in [3.63, 3.8) is 0 Å². The van der Waals surface area contributed by atoms with Gasteiger partial charge in [0.15, 0.2) is 0 Å². The highest BCUT2D eigenvalue weighted by molar-refractivity contribution is 5.95. The number of allylic oxidation sites excluding steroid dienone is 3. The smallest absolute Gasteiger partial charge is 0.349 e. The van der Waals surface area contributed by atoms with Crippen molar-refractivity contribution in [3.05, 3.63) is 35.1 Å². The number of rotatable bonds is 7. The van der Waals surface area contributed by atoms with Crippen molar-refractivity contribution in [2.75, 3.05) is 19.7 Å². The number of hydrogen-bond donors (Lipinski definition) is 0. The van der Waals surface area contributed by atoms with Gasteiger partial charge in [-0.2, -0.15) is 10.5 Å². The summed E-state index contributed by atoms with van der Waals surface area (Å²) in [6.07, 6.45) is 4.16. The molecule has 7 heteroatoms. The first-order valence-electron chi connectivity index (χ1n) is 10.3. The van der Waals surface area contributed by atoms with Crippen molar-refractivity contribution < 1.29 is 19.1 Å². The molecular weight excluding hydrogens is 382 g/mol. The molecule has 1 aliphatic carbocycles. The Morgan fingerprint density at radius 1 is 1.33 bits per heavy atom. The number of ether oxygens (including phenoxy) is 2. The molecule has 0 aromatic heterocycles. The topological polar surface area (TPSA) is 103 Å². The van der Waals surface area contributed by atoms with Crippen molar-refractivity contribution in [1.82, 2.24) is 4.90 Å². The van der Waals surface area contributed by atoms with Gasteiger partial charge in [-0.15, -0.1) is 0 Å². The minimum absolute atomic E-state index is 0.0956. The van der Waals surface area contributed by atoms with Gasteiger partial charge in [0.05, 0.1) is 18.7 Å². The Labute approximate surface area is 178 Å². The lowest BCUT2D eigenvalue weighted by atomic mass is 9.72. The average molecular weight is 412 g/mol. The van der Waals surface area contributed by atoms with E-state index in [0.29, 0.717) is 43.5 Å². The predicted octanol–water partition coefficient (Wildman–Crippen LogP) is 3.55. The van der Waals surface area contributed by atoms with Crippen LogP contribution in [0.25, 0.3) is 0 Å². The van der Waals surface area contributed by atoms with Crippen LogP contribution in [0.3, 0.4) is 0 Å². The van der Waals surface area contributed by atoms with Crippen LogP contribution in [0, 0.1) is 28.1 Å². The molecular formula is C23H29N3O4. The van der Waals surface area contributed by atoms with E-state index in [1.807, 2.05) is 31.7 Å². The maximum absolute atomic E-state index is 12.5. The predicted molar refractivity (Wildman–Crippen MR) is 110 cm³/mol. The van der Waals surface area contributed by atoms with Gasteiger partial charge >= 0.3 is 11.9 Å². The average Bonchev–Trinajstić information content (AvgIpc) is 3.16. The molecule has 2 aliphatic rings. The van der Waals surface area contributed by atoms with E-state index in [2.05, 4.69) is 12.6 Å². The number of hydrogen-bond acceptors (Lipinski definition) is 7. The van der Waals surface area contributed by atoms with E-state index in [0.717, 1.165) is 24.6 Å². The summed E-state index contributed by atoms with van der Waals surface area (Å²) >= 11 is 0. The van der Waals surface area contributed by atoms with Gasteiger partial charge in [-0.05, 0) is 30.3 Å². The number of carbonyl (C=O) groups is 2. The Bertz CT molecular complexity index is 855. The van der Waals surface area contributed by atoms with E-state index in [1.54, 1.807) is 0 Å². The first-order chi connectivity index (χ1) is 14.3. The maximum Gasteiger partial charge on any atom is 0.349 e. The third-order valence-electron chi connectivity index (χ3n) is 5.33. The largest absolute Gasteiger partial charge is 0.462 e. The van der Waals surface area contributed by atoms with Crippen molar-refractivity contribution in [3.8, 4) is 12.1 Å². The van der Waals surface area contributed by atoms with Crippen LogP contribution in [0.1, 0.15) is 52.9 Å². The summed E-state index contributed by atoms with van der Waals surface area (Å²) in [5.74, 6) is -1.15. The second-order valence-corrected chi connectivity index (χ2v) is 8.40. The van der Waals surface area contributed by atoms with Crippen molar-refractivity contribution in [1.29, 1.82) is 10.5 Å². The highest BCUT2D eigenvalue weighted by atomic mass is 16.5. The van der Waals surface area contributed by atoms with Gasteiger partial charge in [0, 0.05) is 24.7 Å². The molecule has 0 radical (unpaired) electrons. The molecule has 2 rings (SSSR count). The molecule has 0 amide bonds. The lowest BCUT2D eigenvalue weighted by Crippen LogP contribution is -2.32. The Balaban J connectivity index is 2.40. The Hall–Kier alpha value is -3.06. The molecule has 1 fully saturated rings. The van der Waals surface area contributed by atoms with Crippen molar-refractivity contribution >= 4 is 11.9 Å². The number of nitrogens with zero attached hydrogens (tertiary/aromatic N) is 3. The zero-order valence-corrected chi connectivity index (χ0v) is 18.0. The Morgan fingerprint density at radius 3 is 2.67 bits per heavy atom. The number of likely N-dealkylation sites (tertiary alicyclic amines) is 1. The minimum atomic E-state index is -0.676. The van der Waals surface area contributed by atoms with E-state index >= 15 is 0 Å². The van der Waals surface area contributed by atoms with E-state index < -0.39 is 11.9 Å². The molecule has 160 valence electrons. The summed E-state index contributed by atoms with van der Waals surface area (Å²) in [5, 5.41) is 19.6. The molecule has 1 heterocycles. The minimum Gasteiger partial charge on any atom is -0.462 e. The monoisotopic (exact) mass is 411 g/mol. The van der Waals surface area contributed by atoms with Gasteiger partial charge in [0.25, 0.3) is 0 Å². The number of carbonyl (C=O) groups excluding carboxylic acids is 2. The third kappa shape index (κ3) is 5.51. The number of esters is 2. The van der Waals surface area contributed by atoms with Gasteiger partial charge < -0.3 is 14.4 Å². The SMILES string of the molecule is C=CC(=O)OC1CCN(C2=C(C#N)/C(=C(\C#N)C(=O)OCCCC)CC(C)(C)C2)C1. The second kappa shape index (κ2) is 10.1. The fraction of sp³-hybridized carbons (Fsp3) is 0.565. The summed E-state index contributed by atoms with van der Waals surface area (Å²) in [5.41, 5.74) is 1.25. The molecule has 0 N–H and O–H groups in total. The quantitative estimate of drug-likeness (QED) is 0.273. The van der Waals surface area contributed by atoms with E-state index in [-0.39, 0.29) is 23.7 Å². The summed E-state index contributed by atoms with van der Waals surface area (Å²) in [6.45, 7) is 10.8. The van der Waals surface area contributed by atoms with E-state index in [4.69, 9.17) is 9.47 Å². The Morgan fingerprint density at radius 2 is 2.07 bits per heavy atom. The second-order valence-electron chi connectivity index (χ2n) is 8.40. The van der Waals surface area contributed by atoms with Gasteiger partial charge in [-0.3, -0.25) is 0 Å². The van der Waals surface area contributed by atoms with Crippen LogP contribution in [-0.4, -0.2) is 42.6 Å². The Kier molecular flexibility index (Phi) is 7.83. The van der Waals surface area contributed by atoms with Crippen LogP contribution in [0.15, 0.2) is 35.1 Å². The van der Waals surface area contributed by atoms with Crippen LogP contribution < -0.4 is 0 Å². The van der Waals surface area contributed by atoms with E-state index in [9.17, 15) is 20.1 Å².